The Morgan fingerprint density at radius 1 is 1.43 bits per heavy atom. The topological polar surface area (TPSA) is 69.6 Å². The van der Waals surface area contributed by atoms with Crippen LogP contribution in [-0.4, -0.2) is 48.1 Å². The highest BCUT2D eigenvalue weighted by molar-refractivity contribution is 5.81. The third-order valence-electron chi connectivity index (χ3n) is 2.31. The van der Waals surface area contributed by atoms with Crippen LogP contribution in [0.25, 0.3) is 0 Å². The zero-order valence-corrected chi connectivity index (χ0v) is 9.13. The Balaban J connectivity index is 4.22. The molecule has 0 bridgehead atoms. The van der Waals surface area contributed by atoms with Gasteiger partial charge in [0.2, 0.25) is 5.91 Å². The molecule has 5 nitrogen and oxygen atoms in total. The van der Waals surface area contributed by atoms with Gasteiger partial charge in [-0.05, 0) is 13.3 Å². The first-order valence-electron chi connectivity index (χ1n) is 4.52. The molecule has 0 aliphatic rings. The number of carboxylic acid groups (broad SMARTS) is 1. The van der Waals surface area contributed by atoms with Crippen molar-refractivity contribution in [2.75, 3.05) is 20.6 Å². The Kier molecular flexibility index (Phi) is 4.56. The number of nitrogens with zero attached hydrogens (tertiary/aromatic N) is 1. The second kappa shape index (κ2) is 4.95. The molecule has 0 aliphatic carbocycles. The molecular weight excluding hydrogens is 184 g/mol. The first-order chi connectivity index (χ1) is 6.33. The van der Waals surface area contributed by atoms with Gasteiger partial charge in [0, 0.05) is 14.1 Å². The summed E-state index contributed by atoms with van der Waals surface area (Å²) in [7, 11) is 3.27. The van der Waals surface area contributed by atoms with Crippen molar-refractivity contribution in [1.82, 2.24) is 10.2 Å². The first kappa shape index (κ1) is 12.9. The van der Waals surface area contributed by atoms with E-state index in [1.54, 1.807) is 27.9 Å². The summed E-state index contributed by atoms with van der Waals surface area (Å²) in [6, 6.07) is 0. The molecule has 0 rings (SSSR count). The van der Waals surface area contributed by atoms with E-state index < -0.39 is 11.5 Å². The van der Waals surface area contributed by atoms with E-state index in [9.17, 15) is 9.59 Å². The maximum Gasteiger partial charge on any atom is 0.323 e. The summed E-state index contributed by atoms with van der Waals surface area (Å²) in [6.45, 7) is 3.38. The van der Waals surface area contributed by atoms with Gasteiger partial charge in [-0.15, -0.1) is 0 Å². The van der Waals surface area contributed by atoms with Crippen LogP contribution in [-0.2, 0) is 9.59 Å². The van der Waals surface area contributed by atoms with Crippen LogP contribution in [0.5, 0.6) is 0 Å². The molecule has 0 aromatic rings. The smallest absolute Gasteiger partial charge is 0.323 e. The molecule has 82 valence electrons. The van der Waals surface area contributed by atoms with Crippen molar-refractivity contribution in [1.29, 1.82) is 0 Å². The SMILES string of the molecule is CCC(C)(NCC(=O)N(C)C)C(=O)O. The van der Waals surface area contributed by atoms with Gasteiger partial charge in [-0.2, -0.15) is 0 Å². The number of amides is 1. The summed E-state index contributed by atoms with van der Waals surface area (Å²) in [4.78, 5) is 23.5. The van der Waals surface area contributed by atoms with Crippen molar-refractivity contribution in [3.05, 3.63) is 0 Å². The van der Waals surface area contributed by atoms with Crippen LogP contribution in [0, 0.1) is 0 Å². The fraction of sp³-hybridized carbons (Fsp3) is 0.778. The normalized spacial score (nSPS) is 14.6. The highest BCUT2D eigenvalue weighted by Crippen LogP contribution is 2.08. The highest BCUT2D eigenvalue weighted by atomic mass is 16.4. The molecular formula is C9H18N2O3. The molecule has 5 heteroatoms. The van der Waals surface area contributed by atoms with Crippen LogP contribution in [0.15, 0.2) is 0 Å². The van der Waals surface area contributed by atoms with Gasteiger partial charge >= 0.3 is 5.97 Å². The van der Waals surface area contributed by atoms with Gasteiger partial charge in [-0.25, -0.2) is 0 Å². The van der Waals surface area contributed by atoms with E-state index >= 15 is 0 Å². The molecule has 0 radical (unpaired) electrons. The molecule has 1 amide bonds. The van der Waals surface area contributed by atoms with Crippen LogP contribution in [0.2, 0.25) is 0 Å². The molecule has 0 aromatic heterocycles. The summed E-state index contributed by atoms with van der Waals surface area (Å²) >= 11 is 0. The minimum atomic E-state index is -1.02. The summed E-state index contributed by atoms with van der Waals surface area (Å²) < 4.78 is 0. The number of nitrogens with one attached hydrogen (secondary N) is 1. The van der Waals surface area contributed by atoms with Gasteiger partial charge in [-0.1, -0.05) is 6.92 Å². The molecule has 0 saturated heterocycles. The predicted molar refractivity (Wildman–Crippen MR) is 53.0 cm³/mol. The fourth-order valence-electron chi connectivity index (χ4n) is 0.781. The van der Waals surface area contributed by atoms with Crippen molar-refractivity contribution >= 4 is 11.9 Å². The highest BCUT2D eigenvalue weighted by Gasteiger charge is 2.30. The lowest BCUT2D eigenvalue weighted by molar-refractivity contribution is -0.144. The van der Waals surface area contributed by atoms with Gasteiger partial charge in [-0.3, -0.25) is 14.9 Å². The third-order valence-corrected chi connectivity index (χ3v) is 2.31. The van der Waals surface area contributed by atoms with E-state index in [-0.39, 0.29) is 12.5 Å². The van der Waals surface area contributed by atoms with Crippen molar-refractivity contribution in [2.45, 2.75) is 25.8 Å². The molecule has 1 unspecified atom stereocenters. The number of aliphatic carboxylic acids is 1. The quantitative estimate of drug-likeness (QED) is 0.654. The average Bonchev–Trinajstić information content (AvgIpc) is 2.12. The van der Waals surface area contributed by atoms with E-state index in [0.29, 0.717) is 6.42 Å². The van der Waals surface area contributed by atoms with Gasteiger partial charge in [0.1, 0.15) is 5.54 Å². The maximum atomic E-state index is 11.2. The Bertz CT molecular complexity index is 228. The average molecular weight is 202 g/mol. The molecule has 0 heterocycles. The van der Waals surface area contributed by atoms with Crippen molar-refractivity contribution in [3.63, 3.8) is 0 Å². The van der Waals surface area contributed by atoms with Gasteiger partial charge in [0.15, 0.2) is 0 Å². The number of carboxylic acids is 1. The standard InChI is InChI=1S/C9H18N2O3/c1-5-9(2,8(13)14)10-6-7(12)11(3)4/h10H,5-6H2,1-4H3,(H,13,14). The monoisotopic (exact) mass is 202 g/mol. The number of hydrogen-bond donors (Lipinski definition) is 2. The van der Waals surface area contributed by atoms with Gasteiger partial charge < -0.3 is 10.0 Å². The number of hydrogen-bond acceptors (Lipinski definition) is 3. The second-order valence-corrected chi connectivity index (χ2v) is 3.63. The Morgan fingerprint density at radius 2 is 1.93 bits per heavy atom. The minimum Gasteiger partial charge on any atom is -0.480 e. The number of rotatable bonds is 5. The predicted octanol–water partition coefficient (Wildman–Crippen LogP) is -0.0825. The van der Waals surface area contributed by atoms with E-state index in [0.717, 1.165) is 0 Å². The lowest BCUT2D eigenvalue weighted by atomic mass is 9.99. The van der Waals surface area contributed by atoms with Gasteiger partial charge in [0.05, 0.1) is 6.54 Å². The second-order valence-electron chi connectivity index (χ2n) is 3.63. The van der Waals surface area contributed by atoms with Crippen molar-refractivity contribution in [2.24, 2.45) is 0 Å². The maximum absolute atomic E-state index is 11.2. The van der Waals surface area contributed by atoms with Crippen LogP contribution >= 0.6 is 0 Å². The lowest BCUT2D eigenvalue weighted by Gasteiger charge is -2.25. The Labute approximate surface area is 84.1 Å². The van der Waals surface area contributed by atoms with E-state index in [1.165, 1.54) is 4.90 Å². The fourth-order valence-corrected chi connectivity index (χ4v) is 0.781. The third kappa shape index (κ3) is 3.33. The summed E-state index contributed by atoms with van der Waals surface area (Å²) in [5.74, 6) is -1.07. The van der Waals surface area contributed by atoms with Crippen LogP contribution in [0.4, 0.5) is 0 Å². The molecule has 0 aromatic carbocycles. The van der Waals surface area contributed by atoms with Crippen LogP contribution in [0.1, 0.15) is 20.3 Å². The number of carbonyl (C=O) groups is 2. The number of carbonyl (C=O) groups excluding carboxylic acids is 1. The van der Waals surface area contributed by atoms with Gasteiger partial charge in [0.25, 0.3) is 0 Å². The minimum absolute atomic E-state index is 0.0453. The lowest BCUT2D eigenvalue weighted by Crippen LogP contribution is -2.52. The molecule has 2 N–H and O–H groups in total. The van der Waals surface area contributed by atoms with E-state index in [2.05, 4.69) is 5.32 Å². The molecule has 0 aliphatic heterocycles. The number of likely N-dealkylation sites (N-methyl/N-ethyl adjacent to an activating group) is 1. The summed E-state index contributed by atoms with van der Waals surface area (Å²) in [5.41, 5.74) is -1.02. The largest absolute Gasteiger partial charge is 0.480 e. The van der Waals surface area contributed by atoms with Crippen LogP contribution < -0.4 is 5.32 Å². The molecule has 1 atom stereocenters. The molecule has 0 spiro atoms. The zero-order valence-electron chi connectivity index (χ0n) is 9.13. The zero-order chi connectivity index (χ0) is 11.4. The Morgan fingerprint density at radius 3 is 2.21 bits per heavy atom. The van der Waals surface area contributed by atoms with E-state index in [1.807, 2.05) is 0 Å². The Hall–Kier alpha value is -1.10. The van der Waals surface area contributed by atoms with Crippen LogP contribution in [0.3, 0.4) is 0 Å². The summed E-state index contributed by atoms with van der Waals surface area (Å²) in [6.07, 6.45) is 0.434. The molecule has 14 heavy (non-hydrogen) atoms. The van der Waals surface area contributed by atoms with Crippen molar-refractivity contribution in [3.8, 4) is 0 Å². The van der Waals surface area contributed by atoms with Crippen molar-refractivity contribution < 1.29 is 14.7 Å². The first-order valence-corrected chi connectivity index (χ1v) is 4.52. The van der Waals surface area contributed by atoms with E-state index in [4.69, 9.17) is 5.11 Å². The summed E-state index contributed by atoms with van der Waals surface area (Å²) in [5, 5.41) is 11.6. The molecule has 0 saturated carbocycles. The molecule has 0 fully saturated rings.